The second kappa shape index (κ2) is 8.84. The summed E-state index contributed by atoms with van der Waals surface area (Å²) in [4.78, 5) is 12.7. The molecule has 0 unspecified atom stereocenters. The Kier molecular flexibility index (Phi) is 6.61. The van der Waals surface area contributed by atoms with E-state index in [0.717, 1.165) is 19.3 Å². The van der Waals surface area contributed by atoms with Gasteiger partial charge in [-0.2, -0.15) is 4.31 Å². The van der Waals surface area contributed by atoms with Gasteiger partial charge in [-0.1, -0.05) is 30.7 Å². The molecule has 0 saturated carbocycles. The predicted molar refractivity (Wildman–Crippen MR) is 113 cm³/mol. The molecule has 1 fully saturated rings. The Labute approximate surface area is 177 Å². The topological polar surface area (TPSA) is 127 Å². The van der Waals surface area contributed by atoms with Gasteiger partial charge in [0.1, 0.15) is 0 Å². The number of hydrogen-bond acceptors (Lipinski definition) is 5. The quantitative estimate of drug-likeness (QED) is 0.692. The van der Waals surface area contributed by atoms with Crippen molar-refractivity contribution in [2.75, 3.05) is 13.1 Å². The van der Waals surface area contributed by atoms with Crippen LogP contribution in [0.4, 0.5) is 0 Å². The van der Waals surface area contributed by atoms with Crippen LogP contribution < -0.4 is 10.5 Å². The number of benzene rings is 2. The summed E-state index contributed by atoms with van der Waals surface area (Å²) in [6.45, 7) is 2.64. The fourth-order valence-corrected chi connectivity index (χ4v) is 5.72. The van der Waals surface area contributed by atoms with E-state index in [4.69, 9.17) is 5.14 Å². The van der Waals surface area contributed by atoms with E-state index >= 15 is 0 Å². The largest absolute Gasteiger partial charge is 0.348 e. The molecule has 1 amide bonds. The fraction of sp³-hybridized carbons (Fsp3) is 0.350. The molecule has 162 valence electrons. The van der Waals surface area contributed by atoms with E-state index in [1.807, 2.05) is 0 Å². The van der Waals surface area contributed by atoms with Crippen molar-refractivity contribution in [3.8, 4) is 0 Å². The van der Waals surface area contributed by atoms with Crippen molar-refractivity contribution in [1.29, 1.82) is 0 Å². The van der Waals surface area contributed by atoms with Gasteiger partial charge in [0.05, 0.1) is 9.79 Å². The van der Waals surface area contributed by atoms with Gasteiger partial charge in [-0.15, -0.1) is 0 Å². The lowest BCUT2D eigenvalue weighted by molar-refractivity contribution is 0.0949. The molecular weight excluding hydrogens is 426 g/mol. The summed E-state index contributed by atoms with van der Waals surface area (Å²) >= 11 is 0. The van der Waals surface area contributed by atoms with E-state index in [0.29, 0.717) is 24.2 Å². The third kappa shape index (κ3) is 4.89. The lowest BCUT2D eigenvalue weighted by atomic mass is 10.1. The van der Waals surface area contributed by atoms with E-state index in [1.54, 1.807) is 25.1 Å². The van der Waals surface area contributed by atoms with Gasteiger partial charge in [-0.3, -0.25) is 4.79 Å². The lowest BCUT2D eigenvalue weighted by Gasteiger charge is -2.26. The van der Waals surface area contributed by atoms with Crippen molar-refractivity contribution < 1.29 is 21.6 Å². The van der Waals surface area contributed by atoms with Crippen molar-refractivity contribution in [2.45, 2.75) is 42.5 Å². The number of carbonyl (C=O) groups excluding carboxylic acids is 1. The summed E-state index contributed by atoms with van der Waals surface area (Å²) in [6, 6.07) is 10.6. The summed E-state index contributed by atoms with van der Waals surface area (Å²) in [6.07, 6.45) is 2.68. The molecule has 2 aromatic carbocycles. The molecule has 0 aromatic heterocycles. The van der Waals surface area contributed by atoms with Crippen LogP contribution in [0.3, 0.4) is 0 Å². The Balaban J connectivity index is 1.83. The number of piperidine rings is 1. The van der Waals surface area contributed by atoms with Crippen LogP contribution in [0.15, 0.2) is 52.3 Å². The molecule has 1 saturated heterocycles. The van der Waals surface area contributed by atoms with E-state index in [-0.39, 0.29) is 21.9 Å². The number of carbonyl (C=O) groups is 1. The molecule has 0 radical (unpaired) electrons. The summed E-state index contributed by atoms with van der Waals surface area (Å²) < 4.78 is 50.8. The average Bonchev–Trinajstić information content (AvgIpc) is 2.72. The van der Waals surface area contributed by atoms with Crippen LogP contribution in [-0.4, -0.2) is 40.1 Å². The third-order valence-electron chi connectivity index (χ3n) is 5.13. The number of nitrogens with one attached hydrogen (secondary N) is 1. The zero-order valence-corrected chi connectivity index (χ0v) is 18.3. The molecule has 0 bridgehead atoms. The predicted octanol–water partition coefficient (Wildman–Crippen LogP) is 1.75. The van der Waals surface area contributed by atoms with E-state index in [1.165, 1.54) is 28.6 Å². The fourth-order valence-electron chi connectivity index (χ4n) is 3.44. The van der Waals surface area contributed by atoms with Crippen LogP contribution in [0.1, 0.15) is 40.7 Å². The van der Waals surface area contributed by atoms with Crippen LogP contribution in [0.2, 0.25) is 0 Å². The monoisotopic (exact) mass is 451 g/mol. The minimum atomic E-state index is -3.95. The van der Waals surface area contributed by atoms with Crippen LogP contribution >= 0.6 is 0 Å². The highest BCUT2D eigenvalue weighted by molar-refractivity contribution is 7.89. The second-order valence-corrected chi connectivity index (χ2v) is 10.7. The molecular formula is C20H25N3O5S2. The number of nitrogens with two attached hydrogens (primary N) is 1. The number of sulfonamides is 2. The SMILES string of the molecule is Cc1ccc(S(N)(=O)=O)cc1C(=O)NCc1ccccc1S(=O)(=O)N1CCCCC1. The second-order valence-electron chi connectivity index (χ2n) is 7.28. The third-order valence-corrected chi connectivity index (χ3v) is 8.04. The van der Waals surface area contributed by atoms with Crippen molar-refractivity contribution in [3.63, 3.8) is 0 Å². The van der Waals surface area contributed by atoms with E-state index in [2.05, 4.69) is 5.32 Å². The zero-order chi connectivity index (χ0) is 21.9. The molecule has 30 heavy (non-hydrogen) atoms. The summed E-state index contributed by atoms with van der Waals surface area (Å²) in [5, 5.41) is 7.84. The number of nitrogens with zero attached hydrogens (tertiary/aromatic N) is 1. The van der Waals surface area contributed by atoms with Crippen molar-refractivity contribution in [2.24, 2.45) is 5.14 Å². The molecule has 0 aliphatic carbocycles. The first-order chi connectivity index (χ1) is 14.1. The molecule has 0 spiro atoms. The molecule has 2 aromatic rings. The maximum atomic E-state index is 13.1. The molecule has 10 heteroatoms. The van der Waals surface area contributed by atoms with Gasteiger partial charge >= 0.3 is 0 Å². The number of rotatable bonds is 6. The van der Waals surface area contributed by atoms with Gasteiger partial charge in [0.25, 0.3) is 5.91 Å². The van der Waals surface area contributed by atoms with Gasteiger partial charge in [0.2, 0.25) is 20.0 Å². The van der Waals surface area contributed by atoms with Crippen molar-refractivity contribution in [1.82, 2.24) is 9.62 Å². The first-order valence-electron chi connectivity index (χ1n) is 9.60. The van der Waals surface area contributed by atoms with Crippen LogP contribution in [0.5, 0.6) is 0 Å². The standard InChI is InChI=1S/C20H25N3O5S2/c1-15-9-10-17(29(21,25)26)13-18(15)20(24)22-14-16-7-3-4-8-19(16)30(27,28)23-11-5-2-6-12-23/h3-4,7-10,13H,2,5-6,11-12,14H2,1H3,(H,22,24)(H2,21,25,26). The van der Waals surface area contributed by atoms with E-state index in [9.17, 15) is 21.6 Å². The first-order valence-corrected chi connectivity index (χ1v) is 12.6. The highest BCUT2D eigenvalue weighted by Gasteiger charge is 2.28. The summed E-state index contributed by atoms with van der Waals surface area (Å²) in [7, 11) is -7.60. The number of amides is 1. The smallest absolute Gasteiger partial charge is 0.251 e. The molecule has 3 rings (SSSR count). The zero-order valence-electron chi connectivity index (χ0n) is 16.7. The Bertz CT molecular complexity index is 1150. The van der Waals surface area contributed by atoms with Gasteiger partial charge in [0, 0.05) is 25.2 Å². The molecule has 1 aliphatic rings. The highest BCUT2D eigenvalue weighted by atomic mass is 32.2. The highest BCUT2D eigenvalue weighted by Crippen LogP contribution is 2.24. The van der Waals surface area contributed by atoms with Crippen LogP contribution in [0, 0.1) is 6.92 Å². The summed E-state index contributed by atoms with van der Waals surface area (Å²) in [5.74, 6) is -0.511. The minimum Gasteiger partial charge on any atom is -0.348 e. The van der Waals surface area contributed by atoms with Gasteiger partial charge in [0.15, 0.2) is 0 Å². The van der Waals surface area contributed by atoms with Crippen molar-refractivity contribution in [3.05, 3.63) is 59.2 Å². The Hall–Kier alpha value is -2.27. The van der Waals surface area contributed by atoms with Crippen LogP contribution in [-0.2, 0) is 26.6 Å². The maximum absolute atomic E-state index is 13.1. The molecule has 8 nitrogen and oxygen atoms in total. The average molecular weight is 452 g/mol. The Morgan fingerprint density at radius 2 is 1.70 bits per heavy atom. The van der Waals surface area contributed by atoms with Crippen LogP contribution in [0.25, 0.3) is 0 Å². The molecule has 1 aliphatic heterocycles. The normalized spacial score (nSPS) is 15.7. The number of aryl methyl sites for hydroxylation is 1. The Morgan fingerprint density at radius 3 is 2.37 bits per heavy atom. The lowest BCUT2D eigenvalue weighted by Crippen LogP contribution is -2.36. The number of primary sulfonamides is 1. The van der Waals surface area contributed by atoms with Crippen molar-refractivity contribution >= 4 is 26.0 Å². The van der Waals surface area contributed by atoms with Gasteiger partial charge in [-0.05, 0) is 49.1 Å². The van der Waals surface area contributed by atoms with Gasteiger partial charge in [-0.25, -0.2) is 22.0 Å². The first kappa shape index (κ1) is 22.4. The molecule has 0 atom stereocenters. The number of hydrogen-bond donors (Lipinski definition) is 2. The summed E-state index contributed by atoms with van der Waals surface area (Å²) in [5.41, 5.74) is 1.21. The van der Waals surface area contributed by atoms with E-state index < -0.39 is 26.0 Å². The van der Waals surface area contributed by atoms with Gasteiger partial charge < -0.3 is 5.32 Å². The maximum Gasteiger partial charge on any atom is 0.251 e. The Morgan fingerprint density at radius 1 is 1.03 bits per heavy atom. The minimum absolute atomic E-state index is 0.0128. The molecule has 1 heterocycles. The molecule has 3 N–H and O–H groups in total.